The number of unbranched alkanes of at least 4 members (excludes halogenated alkanes) is 5. The number of likely N-dealkylation sites (N-methyl/N-ethyl adjacent to an activating group) is 1. The van der Waals surface area contributed by atoms with Gasteiger partial charge in [-0.3, -0.25) is 18.6 Å². The third-order valence-electron chi connectivity index (χ3n) is 9.15. The maximum Gasteiger partial charge on any atom is 0.472 e. The summed E-state index contributed by atoms with van der Waals surface area (Å²) in [4.78, 5) is 35.5. The Kier molecular flexibility index (Phi) is 37.9. The fourth-order valence-corrected chi connectivity index (χ4v) is 6.16. The number of nitrogens with zero attached hydrogens (tertiary/aromatic N) is 1. The van der Waals surface area contributed by atoms with Gasteiger partial charge in [-0.25, -0.2) is 4.57 Å². The number of aliphatic hydroxyl groups excluding tert-OH is 3. The Balaban J connectivity index is 4.74. The van der Waals surface area contributed by atoms with E-state index in [2.05, 4.69) is 74.6 Å². The fraction of sp³-hybridized carbons (Fsp3) is 0.600. The highest BCUT2D eigenvalue weighted by Crippen LogP contribution is 2.43. The quantitative estimate of drug-likeness (QED) is 0.0116. The number of ether oxygens (including phenoxy) is 2. The second-order valence-corrected chi connectivity index (χ2v) is 17.7. The van der Waals surface area contributed by atoms with Crippen molar-refractivity contribution in [3.05, 3.63) is 109 Å². The Morgan fingerprint density at radius 1 is 0.619 bits per heavy atom. The maximum absolute atomic E-state index is 12.7. The summed E-state index contributed by atoms with van der Waals surface area (Å²) in [5, 5.41) is 30.5. The van der Waals surface area contributed by atoms with Crippen molar-refractivity contribution in [1.82, 2.24) is 0 Å². The maximum atomic E-state index is 12.7. The largest absolute Gasteiger partial charge is 0.472 e. The molecule has 0 aromatic carbocycles. The van der Waals surface area contributed by atoms with Gasteiger partial charge in [-0.05, 0) is 70.6 Å². The number of hydrogen-bond donors (Lipinski definition) is 4. The van der Waals surface area contributed by atoms with Crippen molar-refractivity contribution in [2.24, 2.45) is 0 Å². The first-order valence-electron chi connectivity index (χ1n) is 22.9. The molecule has 0 rings (SSSR count). The lowest BCUT2D eigenvalue weighted by molar-refractivity contribution is -0.870. The molecule has 358 valence electrons. The zero-order valence-corrected chi connectivity index (χ0v) is 40.0. The van der Waals surface area contributed by atoms with Crippen LogP contribution in [0, 0.1) is 0 Å². The summed E-state index contributed by atoms with van der Waals surface area (Å²) in [7, 11) is 1.24. The second-order valence-electron chi connectivity index (χ2n) is 16.3. The normalized spacial score (nSPS) is 16.0. The van der Waals surface area contributed by atoms with E-state index in [1.54, 1.807) is 42.5 Å². The number of hydrogen-bond acceptors (Lipinski definition) is 10. The van der Waals surface area contributed by atoms with Gasteiger partial charge in [-0.1, -0.05) is 149 Å². The van der Waals surface area contributed by atoms with Crippen molar-refractivity contribution < 1.29 is 57.4 Å². The van der Waals surface area contributed by atoms with E-state index in [0.29, 0.717) is 17.4 Å². The molecule has 0 aromatic heterocycles. The number of allylic oxidation sites excluding steroid dienone is 16. The molecule has 0 spiro atoms. The Morgan fingerprint density at radius 2 is 1.19 bits per heavy atom. The topological polar surface area (TPSA) is 169 Å². The summed E-state index contributed by atoms with van der Waals surface area (Å²) in [6.07, 6.45) is 43.6. The predicted octanol–water partition coefficient (Wildman–Crippen LogP) is 10.0. The molecule has 1 unspecified atom stereocenters. The average molecular weight is 905 g/mol. The molecule has 63 heavy (non-hydrogen) atoms. The Labute approximate surface area is 380 Å². The van der Waals surface area contributed by atoms with Gasteiger partial charge in [0, 0.05) is 12.8 Å². The number of phosphoric acid groups is 1. The van der Waals surface area contributed by atoms with Crippen LogP contribution in [-0.4, -0.2) is 109 Å². The minimum Gasteiger partial charge on any atom is -0.462 e. The van der Waals surface area contributed by atoms with Crippen molar-refractivity contribution in [2.75, 3.05) is 47.5 Å². The molecule has 0 bridgehead atoms. The summed E-state index contributed by atoms with van der Waals surface area (Å²) < 4.78 is 34.0. The molecule has 4 N–H and O–H groups in total. The predicted molar refractivity (Wildman–Crippen MR) is 256 cm³/mol. The van der Waals surface area contributed by atoms with E-state index in [-0.39, 0.29) is 32.3 Å². The van der Waals surface area contributed by atoms with Crippen molar-refractivity contribution >= 4 is 19.8 Å². The van der Waals surface area contributed by atoms with E-state index < -0.39 is 57.4 Å². The van der Waals surface area contributed by atoms with Crippen molar-refractivity contribution in [1.29, 1.82) is 0 Å². The van der Waals surface area contributed by atoms with Crippen LogP contribution in [0.4, 0.5) is 0 Å². The van der Waals surface area contributed by atoms with Gasteiger partial charge in [-0.15, -0.1) is 0 Å². The van der Waals surface area contributed by atoms with E-state index >= 15 is 0 Å². The molecule has 0 saturated carbocycles. The molecule has 0 saturated heterocycles. The number of quaternary nitrogens is 1. The lowest BCUT2D eigenvalue weighted by Crippen LogP contribution is -2.37. The number of rotatable bonds is 39. The Bertz CT molecular complexity index is 1490. The van der Waals surface area contributed by atoms with Crippen LogP contribution in [0.25, 0.3) is 0 Å². The van der Waals surface area contributed by atoms with Gasteiger partial charge < -0.3 is 34.2 Å². The minimum absolute atomic E-state index is 0.0374. The number of aliphatic hydroxyl groups is 3. The molecule has 0 aliphatic rings. The number of phosphoric ester groups is 1. The molecule has 0 aromatic rings. The van der Waals surface area contributed by atoms with Crippen molar-refractivity contribution in [3.8, 4) is 0 Å². The first kappa shape index (κ1) is 59.5. The highest BCUT2D eigenvalue weighted by Gasteiger charge is 2.27. The van der Waals surface area contributed by atoms with Gasteiger partial charge in [-0.2, -0.15) is 0 Å². The first-order valence-corrected chi connectivity index (χ1v) is 24.4. The van der Waals surface area contributed by atoms with Crippen molar-refractivity contribution in [3.63, 3.8) is 0 Å². The van der Waals surface area contributed by atoms with Crippen LogP contribution in [-0.2, 0) is 32.7 Å². The molecule has 13 heteroatoms. The molecular formula is C50H83NO11P+. The van der Waals surface area contributed by atoms with Gasteiger partial charge >= 0.3 is 19.8 Å². The summed E-state index contributed by atoms with van der Waals surface area (Å²) >= 11 is 0. The van der Waals surface area contributed by atoms with E-state index in [4.69, 9.17) is 18.5 Å². The number of esters is 2. The summed E-state index contributed by atoms with van der Waals surface area (Å²) in [5.41, 5.74) is 0. The monoisotopic (exact) mass is 905 g/mol. The van der Waals surface area contributed by atoms with Crippen LogP contribution in [0.1, 0.15) is 123 Å². The first-order chi connectivity index (χ1) is 30.2. The molecule has 12 nitrogen and oxygen atoms in total. The van der Waals surface area contributed by atoms with Crippen LogP contribution in [0.2, 0.25) is 0 Å². The van der Waals surface area contributed by atoms with Crippen LogP contribution in [0.5, 0.6) is 0 Å². The highest BCUT2D eigenvalue weighted by atomic mass is 31.2. The zero-order valence-electron chi connectivity index (χ0n) is 39.1. The Hall–Kier alpha value is -3.45. The molecule has 0 radical (unpaired) electrons. The third-order valence-corrected chi connectivity index (χ3v) is 10.1. The van der Waals surface area contributed by atoms with Crippen LogP contribution in [0.15, 0.2) is 109 Å². The smallest absolute Gasteiger partial charge is 0.462 e. The third kappa shape index (κ3) is 42.3. The second kappa shape index (κ2) is 40.1. The molecule has 0 aliphatic heterocycles. The van der Waals surface area contributed by atoms with Crippen LogP contribution in [0.3, 0.4) is 0 Å². The molecule has 0 heterocycles. The molecule has 5 atom stereocenters. The minimum atomic E-state index is -4.48. The van der Waals surface area contributed by atoms with Gasteiger partial charge in [0.1, 0.15) is 19.8 Å². The summed E-state index contributed by atoms with van der Waals surface area (Å²) in [6, 6.07) is 0. The van der Waals surface area contributed by atoms with E-state index in [1.807, 2.05) is 21.1 Å². The SMILES string of the molecule is CC/C=C\C/C=C\C/C=C\C/C=C\C/C=C\CCCCCC(=O)O[C@H](COC(=O)CCC[C@@H](O)[C@H](O)/C=C/C=C/C=C\C=C\[C@H](O)CCCCC)COP(=O)(O)OCC[N+](C)(C)C. The Morgan fingerprint density at radius 3 is 1.79 bits per heavy atom. The van der Waals surface area contributed by atoms with Gasteiger partial charge in [0.2, 0.25) is 0 Å². The summed E-state index contributed by atoms with van der Waals surface area (Å²) in [6.45, 7) is 3.73. The number of carbonyl (C=O) groups is 2. The highest BCUT2D eigenvalue weighted by molar-refractivity contribution is 7.47. The lowest BCUT2D eigenvalue weighted by Gasteiger charge is -2.24. The van der Waals surface area contributed by atoms with E-state index in [0.717, 1.165) is 77.0 Å². The fourth-order valence-electron chi connectivity index (χ4n) is 5.42. The zero-order chi connectivity index (χ0) is 46.9. The van der Waals surface area contributed by atoms with Gasteiger partial charge in [0.25, 0.3) is 0 Å². The van der Waals surface area contributed by atoms with Crippen LogP contribution >= 0.6 is 7.82 Å². The summed E-state index contributed by atoms with van der Waals surface area (Å²) in [5.74, 6) is -1.18. The molecule has 0 aliphatic carbocycles. The van der Waals surface area contributed by atoms with Crippen molar-refractivity contribution in [2.45, 2.75) is 147 Å². The van der Waals surface area contributed by atoms with E-state index in [9.17, 15) is 34.4 Å². The number of carbonyl (C=O) groups excluding carboxylic acids is 2. The molecule has 0 amide bonds. The van der Waals surface area contributed by atoms with Gasteiger partial charge in [0.15, 0.2) is 6.10 Å². The van der Waals surface area contributed by atoms with Gasteiger partial charge in [0.05, 0.1) is 46.1 Å². The average Bonchev–Trinajstić information content (AvgIpc) is 3.23. The van der Waals surface area contributed by atoms with E-state index in [1.165, 1.54) is 6.08 Å². The molecule has 0 fully saturated rings. The van der Waals surface area contributed by atoms with Crippen LogP contribution < -0.4 is 0 Å². The standard InChI is InChI=1S/C50H82NO11P/c1-6-8-10-11-12-13-14-15-16-17-18-19-20-21-22-23-24-29-33-39-50(56)62-46(44-61-63(57,58)60-42-41-51(3,4)5)43-59-49(55)40-34-38-48(54)47(53)37-32-28-26-25-27-31-36-45(52)35-30-9-7-2/h8,10,12-13,15-16,18-19,21-22,25-28,31-32,36-37,45-48,52-54H,6-7,9,11,14,17,20,23-24,29-30,33-35,38-44H2,1-5H3/p+1/b10-8-,13-12-,16-15-,19-18-,22-21-,27-25-,28-26+,36-31+,37-32+/t45-,46-,47-,48-/m1/s1. The molecular weight excluding hydrogens is 822 g/mol. The lowest BCUT2D eigenvalue weighted by atomic mass is 10.1.